The van der Waals surface area contributed by atoms with Gasteiger partial charge >= 0.3 is 6.03 Å². The van der Waals surface area contributed by atoms with Crippen molar-refractivity contribution in [2.45, 2.75) is 32.2 Å². The van der Waals surface area contributed by atoms with E-state index >= 15 is 0 Å². The van der Waals surface area contributed by atoms with Crippen molar-refractivity contribution in [2.24, 2.45) is 7.05 Å². The van der Waals surface area contributed by atoms with E-state index in [-0.39, 0.29) is 11.6 Å². The first-order chi connectivity index (χ1) is 18.9. The third-order valence-corrected chi connectivity index (χ3v) is 8.09. The molecule has 0 saturated carbocycles. The Morgan fingerprint density at radius 1 is 1.03 bits per heavy atom. The molecule has 1 aromatic heterocycles. The molecule has 3 aromatic rings. The highest BCUT2D eigenvalue weighted by Gasteiger charge is 2.30. The molecule has 4 heterocycles. The van der Waals surface area contributed by atoms with Gasteiger partial charge in [0, 0.05) is 81.2 Å². The van der Waals surface area contributed by atoms with Gasteiger partial charge in [0.25, 0.3) is 6.43 Å². The van der Waals surface area contributed by atoms with Crippen LogP contribution in [0.15, 0.2) is 36.7 Å². The highest BCUT2D eigenvalue weighted by atomic mass is 19.3. The predicted molar refractivity (Wildman–Crippen MR) is 147 cm³/mol. The largest absolute Gasteiger partial charge is 0.378 e. The van der Waals surface area contributed by atoms with E-state index in [4.69, 9.17) is 4.74 Å². The molecule has 1 fully saturated rings. The quantitative estimate of drug-likeness (QED) is 0.526. The van der Waals surface area contributed by atoms with Gasteiger partial charge in [0.05, 0.1) is 19.4 Å². The van der Waals surface area contributed by atoms with Crippen molar-refractivity contribution in [3.63, 3.8) is 0 Å². The van der Waals surface area contributed by atoms with E-state index in [1.54, 1.807) is 37.2 Å². The molecule has 206 valence electrons. The lowest BCUT2D eigenvalue weighted by atomic mass is 9.91. The summed E-state index contributed by atoms with van der Waals surface area (Å²) in [6, 6.07) is 7.92. The summed E-state index contributed by atoms with van der Waals surface area (Å²) in [5.41, 5.74) is 7.53. The highest BCUT2D eigenvalue weighted by molar-refractivity contribution is 5.81. The molecule has 3 aliphatic rings. The van der Waals surface area contributed by atoms with Crippen LogP contribution < -0.4 is 15.1 Å². The van der Waals surface area contributed by atoms with Crippen LogP contribution in [-0.2, 0) is 31.2 Å². The molecule has 10 heteroatoms. The molecule has 0 aliphatic carbocycles. The maximum atomic E-state index is 14.5. The molecule has 8 nitrogen and oxygen atoms in total. The van der Waals surface area contributed by atoms with Crippen LogP contribution in [0.3, 0.4) is 0 Å². The van der Waals surface area contributed by atoms with E-state index in [2.05, 4.69) is 32.3 Å². The number of halogens is 2. The second-order valence-corrected chi connectivity index (χ2v) is 10.5. The smallest absolute Gasteiger partial charge is 0.317 e. The number of hydrogen-bond donors (Lipinski definition) is 1. The topological polar surface area (TPSA) is 65.9 Å². The first kappa shape index (κ1) is 25.6. The average molecular weight is 537 g/mol. The molecule has 0 atom stereocenters. The van der Waals surface area contributed by atoms with Crippen LogP contribution >= 0.6 is 0 Å². The summed E-state index contributed by atoms with van der Waals surface area (Å²) < 4.78 is 36.1. The van der Waals surface area contributed by atoms with Crippen LogP contribution in [0.5, 0.6) is 0 Å². The molecule has 6 rings (SSSR count). The van der Waals surface area contributed by atoms with Gasteiger partial charge < -0.3 is 24.8 Å². The molecular weight excluding hydrogens is 502 g/mol. The molecule has 0 spiro atoms. The number of anilines is 3. The fourth-order valence-corrected chi connectivity index (χ4v) is 6.10. The van der Waals surface area contributed by atoms with Gasteiger partial charge in [-0.2, -0.15) is 5.10 Å². The van der Waals surface area contributed by atoms with Crippen molar-refractivity contribution in [3.05, 3.63) is 58.9 Å². The summed E-state index contributed by atoms with van der Waals surface area (Å²) in [6.45, 7) is 4.82. The Balaban J connectivity index is 1.48. The second-order valence-electron chi connectivity index (χ2n) is 10.5. The van der Waals surface area contributed by atoms with E-state index in [9.17, 15) is 13.6 Å². The number of hydrogen-bond acceptors (Lipinski definition) is 5. The molecular formula is C29H34F2N6O2. The lowest BCUT2D eigenvalue weighted by molar-refractivity contribution is 0.122. The minimum absolute atomic E-state index is 0.0128. The Kier molecular flexibility index (Phi) is 6.88. The molecule has 3 aliphatic heterocycles. The van der Waals surface area contributed by atoms with Gasteiger partial charge in [-0.1, -0.05) is 0 Å². The van der Waals surface area contributed by atoms with Gasteiger partial charge in [-0.15, -0.1) is 0 Å². The zero-order valence-corrected chi connectivity index (χ0v) is 22.4. The number of rotatable bonds is 4. The number of benzene rings is 2. The molecule has 1 N–H and O–H groups in total. The average Bonchev–Trinajstić information content (AvgIpc) is 3.41. The zero-order valence-electron chi connectivity index (χ0n) is 22.4. The van der Waals surface area contributed by atoms with Gasteiger partial charge in [-0.25, -0.2) is 13.6 Å². The number of amides is 2. The third-order valence-electron chi connectivity index (χ3n) is 8.09. The monoisotopic (exact) mass is 536 g/mol. The van der Waals surface area contributed by atoms with Crippen molar-refractivity contribution >= 4 is 23.1 Å². The van der Waals surface area contributed by atoms with E-state index in [0.717, 1.165) is 67.1 Å². The van der Waals surface area contributed by atoms with Gasteiger partial charge in [0.2, 0.25) is 0 Å². The SMILES string of the molecule is CNC(=O)N1CCc2cc(N3CCOCC3)cc(N3CCCc4cc(-c5cnn(C)c5)c(C(F)F)cc43)c2C1. The first-order valence-corrected chi connectivity index (χ1v) is 13.6. The molecule has 0 unspecified atom stereocenters. The number of urea groups is 1. The number of carbonyl (C=O) groups is 1. The number of nitrogens with one attached hydrogen (secondary N) is 1. The van der Waals surface area contributed by atoms with Crippen LogP contribution in [0.4, 0.5) is 30.6 Å². The minimum atomic E-state index is -2.62. The first-order valence-electron chi connectivity index (χ1n) is 13.6. The predicted octanol–water partition coefficient (Wildman–Crippen LogP) is 4.64. The third kappa shape index (κ3) is 4.82. The van der Waals surface area contributed by atoms with E-state index < -0.39 is 6.43 Å². The van der Waals surface area contributed by atoms with Crippen molar-refractivity contribution in [1.29, 1.82) is 0 Å². The number of nitrogens with zero attached hydrogens (tertiary/aromatic N) is 5. The zero-order chi connectivity index (χ0) is 27.1. The highest BCUT2D eigenvalue weighted by Crippen LogP contribution is 2.44. The number of morpholine rings is 1. The van der Waals surface area contributed by atoms with Gasteiger partial charge in [0.15, 0.2) is 0 Å². The Morgan fingerprint density at radius 3 is 2.56 bits per heavy atom. The molecule has 1 saturated heterocycles. The number of ether oxygens (including phenoxy) is 1. The fourth-order valence-electron chi connectivity index (χ4n) is 6.10. The van der Waals surface area contributed by atoms with Gasteiger partial charge in [-0.05, 0) is 65.8 Å². The lowest BCUT2D eigenvalue weighted by Crippen LogP contribution is -2.42. The van der Waals surface area contributed by atoms with E-state index in [1.165, 1.54) is 5.56 Å². The van der Waals surface area contributed by atoms with Crippen molar-refractivity contribution in [3.8, 4) is 11.1 Å². The minimum Gasteiger partial charge on any atom is -0.378 e. The summed E-state index contributed by atoms with van der Waals surface area (Å²) in [6.07, 6.45) is 3.28. The Labute approximate surface area is 227 Å². The number of aromatic nitrogens is 2. The van der Waals surface area contributed by atoms with Crippen LogP contribution in [0.1, 0.15) is 35.1 Å². The maximum absolute atomic E-state index is 14.5. The van der Waals surface area contributed by atoms with Gasteiger partial charge in [-0.3, -0.25) is 4.68 Å². The Bertz CT molecular complexity index is 1380. The van der Waals surface area contributed by atoms with Crippen molar-refractivity contribution in [1.82, 2.24) is 20.0 Å². The van der Waals surface area contributed by atoms with Crippen LogP contribution in [-0.4, -0.2) is 67.2 Å². The lowest BCUT2D eigenvalue weighted by Gasteiger charge is -2.39. The summed E-state index contributed by atoms with van der Waals surface area (Å²) in [5, 5.41) is 6.96. The van der Waals surface area contributed by atoms with Crippen molar-refractivity contribution < 1.29 is 18.3 Å². The summed E-state index contributed by atoms with van der Waals surface area (Å²) in [5.74, 6) is 0. The molecule has 0 bridgehead atoms. The number of aryl methyl sites for hydroxylation is 2. The summed E-state index contributed by atoms with van der Waals surface area (Å²) in [4.78, 5) is 18.9. The molecule has 2 aromatic carbocycles. The maximum Gasteiger partial charge on any atom is 0.317 e. The molecule has 39 heavy (non-hydrogen) atoms. The summed E-state index contributed by atoms with van der Waals surface area (Å²) in [7, 11) is 3.44. The van der Waals surface area contributed by atoms with E-state index in [1.807, 2.05) is 11.0 Å². The van der Waals surface area contributed by atoms with Crippen LogP contribution in [0, 0.1) is 0 Å². The van der Waals surface area contributed by atoms with Crippen LogP contribution in [0.2, 0.25) is 0 Å². The van der Waals surface area contributed by atoms with E-state index in [0.29, 0.717) is 37.4 Å². The van der Waals surface area contributed by atoms with Crippen LogP contribution in [0.25, 0.3) is 11.1 Å². The molecule has 0 radical (unpaired) electrons. The number of carbonyl (C=O) groups excluding carboxylic acids is 1. The van der Waals surface area contributed by atoms with Crippen molar-refractivity contribution in [2.75, 3.05) is 56.2 Å². The molecule has 2 amide bonds. The fraction of sp³-hybridized carbons (Fsp3) is 0.448. The van der Waals surface area contributed by atoms with Gasteiger partial charge in [0.1, 0.15) is 0 Å². The number of fused-ring (bicyclic) bond motifs is 2. The number of alkyl halides is 2. The standard InChI is InChI=1S/C29H34F2N6O2/c1-32-29(38)36-7-5-19-12-22(35-8-10-39-11-9-35)14-27(25(19)18-36)37-6-3-4-20-13-23(21-16-33-34(2)17-21)24(28(30)31)15-26(20)37/h12-17,28H,3-11,18H2,1-2H3,(H,32,38). The second kappa shape index (κ2) is 10.5. The Hall–Kier alpha value is -3.66. The normalized spacial score (nSPS) is 17.3. The Morgan fingerprint density at radius 2 is 1.85 bits per heavy atom. The summed E-state index contributed by atoms with van der Waals surface area (Å²) >= 11 is 0.